The second-order valence-corrected chi connectivity index (χ2v) is 4.15. The molecule has 106 valence electrons. The van der Waals surface area contributed by atoms with E-state index < -0.39 is 0 Å². The van der Waals surface area contributed by atoms with Crippen molar-refractivity contribution in [2.24, 2.45) is 5.11 Å². The number of Topliss-reactive ketones (excluding diaryl/α,β-unsaturated/α-hetero) is 1. The first-order valence-corrected chi connectivity index (χ1v) is 6.20. The van der Waals surface area contributed by atoms with Gasteiger partial charge in [-0.1, -0.05) is 35.8 Å². The maximum atomic E-state index is 11.9. The average Bonchev–Trinajstić information content (AvgIpc) is 2.46. The minimum absolute atomic E-state index is 0.0528. The van der Waals surface area contributed by atoms with Crippen LogP contribution in [0.15, 0.2) is 23.3 Å². The largest absolute Gasteiger partial charge is 0.294 e. The Hall–Kier alpha value is -2.08. The van der Waals surface area contributed by atoms with E-state index in [1.54, 1.807) is 25.1 Å². The average molecular weight is 297 g/mol. The van der Waals surface area contributed by atoms with E-state index in [2.05, 4.69) is 15.5 Å². The molecule has 7 nitrogen and oxygen atoms in total. The number of hydroxylamine groups is 1. The molecule has 1 aromatic carbocycles. The number of halogens is 1. The molecule has 20 heavy (non-hydrogen) atoms. The van der Waals surface area contributed by atoms with Gasteiger partial charge >= 0.3 is 0 Å². The molecule has 1 rings (SSSR count). The molecule has 1 amide bonds. The molecule has 0 spiro atoms. The smallest absolute Gasteiger partial charge is 0.243 e. The zero-order valence-electron chi connectivity index (χ0n) is 10.8. The summed E-state index contributed by atoms with van der Waals surface area (Å²) in [4.78, 5) is 30.5. The fourth-order valence-corrected chi connectivity index (χ4v) is 1.64. The molecule has 1 N–H and O–H groups in total. The fourth-order valence-electron chi connectivity index (χ4n) is 1.41. The van der Waals surface area contributed by atoms with Gasteiger partial charge in [0.25, 0.3) is 0 Å². The standard InChI is InChI=1S/C12H13ClN4O3/c1-2-12(19)16-20-7-9-8(4-3-5-10(9)13)11(18)6-15-17-14/h3-5H,2,6-7H2,1H3,(H,16,19). The summed E-state index contributed by atoms with van der Waals surface area (Å²) in [6, 6.07) is 4.77. The number of rotatable bonds is 7. The van der Waals surface area contributed by atoms with Crippen molar-refractivity contribution in [1.82, 2.24) is 5.48 Å². The highest BCUT2D eigenvalue weighted by atomic mass is 35.5. The molecule has 0 atom stereocenters. The second-order valence-electron chi connectivity index (χ2n) is 3.75. The lowest BCUT2D eigenvalue weighted by Crippen LogP contribution is -2.23. The quantitative estimate of drug-likeness (QED) is 0.275. The van der Waals surface area contributed by atoms with E-state index >= 15 is 0 Å². The van der Waals surface area contributed by atoms with E-state index in [1.807, 2.05) is 0 Å². The molecule has 0 aromatic heterocycles. The fraction of sp³-hybridized carbons (Fsp3) is 0.333. The number of benzene rings is 1. The number of carbonyl (C=O) groups excluding carboxylic acids is 2. The van der Waals surface area contributed by atoms with Gasteiger partial charge in [-0.15, -0.1) is 0 Å². The van der Waals surface area contributed by atoms with Crippen LogP contribution in [-0.4, -0.2) is 18.2 Å². The molecule has 0 heterocycles. The van der Waals surface area contributed by atoms with E-state index in [-0.39, 0.29) is 31.3 Å². The molecule has 0 aliphatic rings. The van der Waals surface area contributed by atoms with Gasteiger partial charge in [0.1, 0.15) is 6.61 Å². The van der Waals surface area contributed by atoms with Crippen LogP contribution < -0.4 is 5.48 Å². The number of hydrogen-bond acceptors (Lipinski definition) is 4. The van der Waals surface area contributed by atoms with Crippen LogP contribution in [0.1, 0.15) is 29.3 Å². The van der Waals surface area contributed by atoms with Gasteiger partial charge in [0.2, 0.25) is 5.91 Å². The maximum absolute atomic E-state index is 11.9. The first-order chi connectivity index (χ1) is 9.60. The van der Waals surface area contributed by atoms with Crippen LogP contribution in [0.4, 0.5) is 0 Å². The number of nitrogens with zero attached hydrogens (tertiary/aromatic N) is 3. The van der Waals surface area contributed by atoms with Gasteiger partial charge in [-0.2, -0.15) is 0 Å². The molecule has 0 aliphatic carbocycles. The third-order valence-electron chi connectivity index (χ3n) is 2.42. The van der Waals surface area contributed by atoms with E-state index in [9.17, 15) is 9.59 Å². The Morgan fingerprint density at radius 3 is 2.90 bits per heavy atom. The van der Waals surface area contributed by atoms with Gasteiger partial charge in [-0.25, -0.2) is 5.48 Å². The number of ketones is 1. The summed E-state index contributed by atoms with van der Waals surface area (Å²) in [5, 5.41) is 3.55. The van der Waals surface area contributed by atoms with Crippen LogP contribution >= 0.6 is 11.6 Å². The van der Waals surface area contributed by atoms with Crippen LogP contribution in [-0.2, 0) is 16.2 Å². The molecule has 1 aromatic rings. The van der Waals surface area contributed by atoms with E-state index in [0.717, 1.165) is 0 Å². The number of carbonyl (C=O) groups is 2. The first-order valence-electron chi connectivity index (χ1n) is 5.82. The summed E-state index contributed by atoms with van der Waals surface area (Å²) in [6.07, 6.45) is 0.283. The first kappa shape index (κ1) is 16.0. The lowest BCUT2D eigenvalue weighted by Gasteiger charge is -2.10. The minimum atomic E-state index is -0.370. The lowest BCUT2D eigenvalue weighted by atomic mass is 10.0. The normalized spacial score (nSPS) is 9.70. The van der Waals surface area contributed by atoms with Crippen molar-refractivity contribution in [2.45, 2.75) is 20.0 Å². The molecule has 0 saturated heterocycles. The van der Waals surface area contributed by atoms with Gasteiger partial charge in [-0.3, -0.25) is 14.4 Å². The minimum Gasteiger partial charge on any atom is -0.294 e. The van der Waals surface area contributed by atoms with Gasteiger partial charge in [0.15, 0.2) is 5.78 Å². The third kappa shape index (κ3) is 4.55. The monoisotopic (exact) mass is 296 g/mol. The van der Waals surface area contributed by atoms with Crippen LogP contribution in [0.2, 0.25) is 5.02 Å². The molecule has 0 unspecified atom stereocenters. The topological polar surface area (TPSA) is 104 Å². The van der Waals surface area contributed by atoms with E-state index in [0.29, 0.717) is 16.1 Å². The Bertz CT molecular complexity index is 556. The van der Waals surface area contributed by atoms with Crippen molar-refractivity contribution in [3.05, 3.63) is 44.8 Å². The Morgan fingerprint density at radius 1 is 1.50 bits per heavy atom. The van der Waals surface area contributed by atoms with Crippen molar-refractivity contribution >= 4 is 23.3 Å². The third-order valence-corrected chi connectivity index (χ3v) is 2.77. The highest BCUT2D eigenvalue weighted by Gasteiger charge is 2.14. The highest BCUT2D eigenvalue weighted by molar-refractivity contribution is 6.31. The molecular weight excluding hydrogens is 284 g/mol. The predicted molar refractivity (Wildman–Crippen MR) is 73.0 cm³/mol. The zero-order valence-corrected chi connectivity index (χ0v) is 11.6. The van der Waals surface area contributed by atoms with Gasteiger partial charge in [-0.05, 0) is 11.6 Å². The van der Waals surface area contributed by atoms with Crippen LogP contribution in [0, 0.1) is 0 Å². The number of hydrogen-bond donors (Lipinski definition) is 1. The summed E-state index contributed by atoms with van der Waals surface area (Å²) < 4.78 is 0. The number of nitrogens with one attached hydrogen (secondary N) is 1. The molecule has 0 radical (unpaired) electrons. The van der Waals surface area contributed by atoms with Crippen molar-refractivity contribution in [3.8, 4) is 0 Å². The molecule has 8 heteroatoms. The van der Waals surface area contributed by atoms with Crippen LogP contribution in [0.3, 0.4) is 0 Å². The van der Waals surface area contributed by atoms with Crippen molar-refractivity contribution in [2.75, 3.05) is 6.54 Å². The van der Waals surface area contributed by atoms with Crippen LogP contribution in [0.5, 0.6) is 0 Å². The van der Waals surface area contributed by atoms with Crippen molar-refractivity contribution < 1.29 is 14.4 Å². The Labute approximate surface area is 120 Å². The van der Waals surface area contributed by atoms with E-state index in [4.69, 9.17) is 22.0 Å². The Balaban J connectivity index is 2.85. The summed E-state index contributed by atoms with van der Waals surface area (Å²) in [5.41, 5.74) is 11.2. The van der Waals surface area contributed by atoms with E-state index in [1.165, 1.54) is 0 Å². The van der Waals surface area contributed by atoms with Crippen molar-refractivity contribution in [3.63, 3.8) is 0 Å². The molecular formula is C12H13ClN4O3. The lowest BCUT2D eigenvalue weighted by molar-refractivity contribution is -0.134. The number of azide groups is 1. The molecule has 0 bridgehead atoms. The molecule has 0 saturated carbocycles. The number of amides is 1. The summed E-state index contributed by atoms with van der Waals surface area (Å²) >= 11 is 6.01. The van der Waals surface area contributed by atoms with Crippen LogP contribution in [0.25, 0.3) is 10.4 Å². The summed E-state index contributed by atoms with van der Waals surface area (Å²) in [7, 11) is 0. The predicted octanol–water partition coefficient (Wildman–Crippen LogP) is 2.79. The highest BCUT2D eigenvalue weighted by Crippen LogP contribution is 2.21. The zero-order chi connectivity index (χ0) is 15.0. The molecule has 0 fully saturated rings. The van der Waals surface area contributed by atoms with Gasteiger partial charge in [0, 0.05) is 27.5 Å². The van der Waals surface area contributed by atoms with Gasteiger partial charge in [0.05, 0.1) is 6.54 Å². The summed E-state index contributed by atoms with van der Waals surface area (Å²) in [5.74, 6) is -0.648. The SMILES string of the molecule is CCC(=O)NOCc1c(Cl)cccc1C(=O)CN=[N+]=[N-]. The van der Waals surface area contributed by atoms with Gasteiger partial charge < -0.3 is 0 Å². The molecule has 0 aliphatic heterocycles. The second kappa shape index (κ2) is 8.16. The summed E-state index contributed by atoms with van der Waals surface area (Å²) in [6.45, 7) is 1.33. The maximum Gasteiger partial charge on any atom is 0.243 e. The Morgan fingerprint density at radius 2 is 2.25 bits per heavy atom. The van der Waals surface area contributed by atoms with Crippen molar-refractivity contribution in [1.29, 1.82) is 0 Å². The Kier molecular flexibility index (Phi) is 6.52.